The maximum Gasteiger partial charge on any atom is 0.307 e. The highest BCUT2D eigenvalue weighted by Crippen LogP contribution is 2.26. The average molecular weight is 284 g/mol. The van der Waals surface area contributed by atoms with Gasteiger partial charge in [-0.15, -0.1) is 11.8 Å². The zero-order valence-corrected chi connectivity index (χ0v) is 11.6. The Morgan fingerprint density at radius 2 is 2.44 bits per heavy atom. The third kappa shape index (κ3) is 3.50. The van der Waals surface area contributed by atoms with Crippen LogP contribution in [-0.4, -0.2) is 29.4 Å². The molecule has 1 aromatic carbocycles. The Labute approximate surface area is 116 Å². The zero-order chi connectivity index (χ0) is 13.0. The maximum absolute atomic E-state index is 11.4. The number of ether oxygens (including phenoxy) is 1. The van der Waals surface area contributed by atoms with E-state index in [1.54, 1.807) is 11.8 Å². The molecule has 1 atom stereocenters. The normalized spacial score (nSPS) is 18.6. The quantitative estimate of drug-likeness (QED) is 0.797. The number of thioether (sulfide) groups is 1. The molecule has 0 N–H and O–H groups in total. The third-order valence-corrected chi connectivity index (χ3v) is 3.89. The number of carbonyl (C=O) groups is 1. The topological polar surface area (TPSA) is 38.7 Å². The lowest BCUT2D eigenvalue weighted by molar-refractivity contribution is -0.143. The highest BCUT2D eigenvalue weighted by atomic mass is 35.5. The van der Waals surface area contributed by atoms with Gasteiger partial charge in [-0.25, -0.2) is 0 Å². The maximum atomic E-state index is 11.4. The van der Waals surface area contributed by atoms with Crippen LogP contribution in [0.25, 0.3) is 0 Å². The first-order valence-electron chi connectivity index (χ1n) is 5.81. The fourth-order valence-electron chi connectivity index (χ4n) is 1.71. The Bertz CT molecular complexity index is 476. The van der Waals surface area contributed by atoms with Gasteiger partial charge in [-0.05, 0) is 19.1 Å². The molecule has 0 spiro atoms. The molecule has 2 rings (SSSR count). The molecule has 1 aliphatic rings. The smallest absolute Gasteiger partial charge is 0.307 e. The Hall–Kier alpha value is -1.00. The fraction of sp³-hybridized carbons (Fsp3) is 0.385. The van der Waals surface area contributed by atoms with Crippen molar-refractivity contribution in [1.29, 1.82) is 0 Å². The molecule has 0 amide bonds. The van der Waals surface area contributed by atoms with Gasteiger partial charge in [-0.2, -0.15) is 0 Å². The van der Waals surface area contributed by atoms with Crippen molar-refractivity contribution in [2.24, 2.45) is 4.99 Å². The first-order chi connectivity index (χ1) is 8.69. The predicted molar refractivity (Wildman–Crippen MR) is 75.5 cm³/mol. The molecule has 5 heteroatoms. The van der Waals surface area contributed by atoms with Crippen LogP contribution in [0.4, 0.5) is 0 Å². The number of benzene rings is 1. The molecule has 1 heterocycles. The van der Waals surface area contributed by atoms with Gasteiger partial charge in [0, 0.05) is 16.3 Å². The monoisotopic (exact) mass is 283 g/mol. The van der Waals surface area contributed by atoms with E-state index in [9.17, 15) is 4.79 Å². The predicted octanol–water partition coefficient (Wildman–Crippen LogP) is 3.16. The Morgan fingerprint density at radius 1 is 1.61 bits per heavy atom. The molecule has 1 unspecified atom stereocenters. The van der Waals surface area contributed by atoms with E-state index < -0.39 is 0 Å². The summed E-state index contributed by atoms with van der Waals surface area (Å²) in [6.45, 7) is 2.23. The summed E-state index contributed by atoms with van der Waals surface area (Å²) in [5.74, 6) is 0.639. The number of carbonyl (C=O) groups excluding carboxylic acids is 1. The van der Waals surface area contributed by atoms with Crippen molar-refractivity contribution < 1.29 is 9.53 Å². The Kier molecular flexibility index (Phi) is 4.66. The molecular weight excluding hydrogens is 270 g/mol. The van der Waals surface area contributed by atoms with E-state index in [-0.39, 0.29) is 12.0 Å². The molecule has 0 saturated carbocycles. The van der Waals surface area contributed by atoms with Crippen LogP contribution in [0, 0.1) is 0 Å². The van der Waals surface area contributed by atoms with Gasteiger partial charge < -0.3 is 4.74 Å². The number of esters is 1. The molecule has 0 aromatic heterocycles. The van der Waals surface area contributed by atoms with Crippen LogP contribution in [0.1, 0.15) is 18.9 Å². The second kappa shape index (κ2) is 6.25. The van der Waals surface area contributed by atoms with E-state index in [1.807, 2.05) is 31.2 Å². The molecule has 0 radical (unpaired) electrons. The first kappa shape index (κ1) is 13.4. The molecule has 0 bridgehead atoms. The van der Waals surface area contributed by atoms with Gasteiger partial charge in [0.15, 0.2) is 0 Å². The Morgan fingerprint density at radius 3 is 3.17 bits per heavy atom. The minimum Gasteiger partial charge on any atom is -0.466 e. The summed E-state index contributed by atoms with van der Waals surface area (Å²) in [5.41, 5.74) is 1.01. The summed E-state index contributed by atoms with van der Waals surface area (Å²) >= 11 is 7.60. The number of hydrogen-bond acceptors (Lipinski definition) is 4. The van der Waals surface area contributed by atoms with Crippen LogP contribution in [0.5, 0.6) is 0 Å². The molecule has 1 aromatic rings. The van der Waals surface area contributed by atoms with Crippen molar-refractivity contribution in [3.63, 3.8) is 0 Å². The van der Waals surface area contributed by atoms with Crippen molar-refractivity contribution in [1.82, 2.24) is 0 Å². The number of aliphatic imine (C=N–C) groups is 1. The summed E-state index contributed by atoms with van der Waals surface area (Å²) in [7, 11) is 0. The SMILES string of the molecule is CCOC(=O)CC1CSC(c2cccc(Cl)c2)=N1. The van der Waals surface area contributed by atoms with Crippen LogP contribution in [0.15, 0.2) is 29.3 Å². The van der Waals surface area contributed by atoms with Crippen molar-refractivity contribution in [2.45, 2.75) is 19.4 Å². The summed E-state index contributed by atoms with van der Waals surface area (Å²) in [5, 5.41) is 1.65. The Balaban J connectivity index is 2.02. The van der Waals surface area contributed by atoms with E-state index in [4.69, 9.17) is 16.3 Å². The summed E-state index contributed by atoms with van der Waals surface area (Å²) in [4.78, 5) is 15.9. The van der Waals surface area contributed by atoms with Gasteiger partial charge in [-0.1, -0.05) is 23.7 Å². The molecule has 0 aliphatic carbocycles. The number of hydrogen-bond donors (Lipinski definition) is 0. The van der Waals surface area contributed by atoms with Gasteiger partial charge in [0.2, 0.25) is 0 Å². The molecule has 3 nitrogen and oxygen atoms in total. The van der Waals surface area contributed by atoms with E-state index in [0.29, 0.717) is 18.1 Å². The summed E-state index contributed by atoms with van der Waals surface area (Å²) in [6, 6.07) is 7.62. The van der Waals surface area contributed by atoms with E-state index in [0.717, 1.165) is 16.4 Å². The minimum absolute atomic E-state index is 0.0167. The largest absolute Gasteiger partial charge is 0.466 e. The van der Waals surface area contributed by atoms with Crippen LogP contribution in [0.2, 0.25) is 5.02 Å². The molecule has 18 heavy (non-hydrogen) atoms. The summed E-state index contributed by atoms with van der Waals surface area (Å²) < 4.78 is 4.93. The highest BCUT2D eigenvalue weighted by Gasteiger charge is 2.22. The summed E-state index contributed by atoms with van der Waals surface area (Å²) in [6.07, 6.45) is 0.352. The molecule has 96 valence electrons. The van der Waals surface area contributed by atoms with Gasteiger partial charge in [-0.3, -0.25) is 9.79 Å². The second-order valence-corrected chi connectivity index (χ2v) is 5.36. The number of halogens is 1. The van der Waals surface area contributed by atoms with Crippen molar-refractivity contribution in [3.05, 3.63) is 34.9 Å². The van der Waals surface area contributed by atoms with Crippen molar-refractivity contribution >= 4 is 34.4 Å². The van der Waals surface area contributed by atoms with Crippen molar-refractivity contribution in [3.8, 4) is 0 Å². The molecule has 1 aliphatic heterocycles. The lowest BCUT2D eigenvalue weighted by Gasteiger charge is -2.04. The third-order valence-electron chi connectivity index (χ3n) is 2.49. The van der Waals surface area contributed by atoms with Crippen LogP contribution < -0.4 is 0 Å². The molecular formula is C13H14ClNO2S. The van der Waals surface area contributed by atoms with Crippen LogP contribution >= 0.6 is 23.4 Å². The van der Waals surface area contributed by atoms with Gasteiger partial charge in [0.05, 0.1) is 24.1 Å². The highest BCUT2D eigenvalue weighted by molar-refractivity contribution is 8.14. The van der Waals surface area contributed by atoms with E-state index in [1.165, 1.54) is 0 Å². The minimum atomic E-state index is -0.181. The van der Waals surface area contributed by atoms with Gasteiger partial charge >= 0.3 is 5.97 Å². The average Bonchev–Trinajstić information content (AvgIpc) is 2.78. The van der Waals surface area contributed by atoms with Crippen molar-refractivity contribution in [2.75, 3.05) is 12.4 Å². The standard InChI is InChI=1S/C13H14ClNO2S/c1-2-17-12(16)7-11-8-18-13(15-11)9-4-3-5-10(14)6-9/h3-6,11H,2,7-8H2,1H3. The lowest BCUT2D eigenvalue weighted by Crippen LogP contribution is -2.14. The van der Waals surface area contributed by atoms with E-state index >= 15 is 0 Å². The second-order valence-electron chi connectivity index (χ2n) is 3.92. The van der Waals surface area contributed by atoms with Gasteiger partial charge in [0.25, 0.3) is 0 Å². The van der Waals surface area contributed by atoms with Crippen LogP contribution in [-0.2, 0) is 9.53 Å². The number of nitrogens with zero attached hydrogens (tertiary/aromatic N) is 1. The molecule has 0 saturated heterocycles. The van der Waals surface area contributed by atoms with E-state index in [2.05, 4.69) is 4.99 Å². The fourth-order valence-corrected chi connectivity index (χ4v) is 2.96. The van der Waals surface area contributed by atoms with Gasteiger partial charge in [0.1, 0.15) is 0 Å². The lowest BCUT2D eigenvalue weighted by atomic mass is 10.2. The number of rotatable bonds is 4. The van der Waals surface area contributed by atoms with Crippen LogP contribution in [0.3, 0.4) is 0 Å². The molecule has 0 fully saturated rings. The first-order valence-corrected chi connectivity index (χ1v) is 7.17. The zero-order valence-electron chi connectivity index (χ0n) is 10.1.